The predicted octanol–water partition coefficient (Wildman–Crippen LogP) is 1.52. The van der Waals surface area contributed by atoms with Gasteiger partial charge in [0, 0.05) is 0 Å². The first-order chi connectivity index (χ1) is 15.4. The fourth-order valence-corrected chi connectivity index (χ4v) is 3.54. The van der Waals surface area contributed by atoms with Crippen LogP contribution in [0.2, 0.25) is 0 Å². The van der Waals surface area contributed by atoms with Gasteiger partial charge in [-0.2, -0.15) is 0 Å². The quantitative estimate of drug-likeness (QED) is 0.142. The molecule has 32 heavy (non-hydrogen) atoms. The summed E-state index contributed by atoms with van der Waals surface area (Å²) in [6.07, 6.45) is 12.2. The van der Waals surface area contributed by atoms with E-state index in [9.17, 15) is 25.5 Å². The molecule has 0 spiro atoms. The molecule has 1 aliphatic heterocycles. The molecule has 1 heterocycles. The van der Waals surface area contributed by atoms with Crippen LogP contribution in [-0.4, -0.2) is 81.6 Å². The summed E-state index contributed by atoms with van der Waals surface area (Å²) in [5.41, 5.74) is 5.92. The first kappa shape index (κ1) is 29.2. The van der Waals surface area contributed by atoms with Crippen molar-refractivity contribution in [3.8, 4) is 0 Å². The van der Waals surface area contributed by atoms with E-state index < -0.39 is 49.5 Å². The van der Waals surface area contributed by atoms with Crippen molar-refractivity contribution in [3.63, 3.8) is 0 Å². The van der Waals surface area contributed by atoms with Crippen LogP contribution in [0, 0.1) is 0 Å². The van der Waals surface area contributed by atoms with E-state index in [1.165, 1.54) is 44.9 Å². The van der Waals surface area contributed by atoms with Crippen LogP contribution in [0.1, 0.15) is 71.1 Å². The lowest BCUT2D eigenvalue weighted by molar-refractivity contribution is -0.302. The Bertz CT molecular complexity index is 515. The zero-order valence-electron chi connectivity index (χ0n) is 19.5. The average molecular weight is 460 g/mol. The number of unbranched alkanes of at least 4 members (excludes halogenated alkanes) is 8. The molecule has 0 aromatic carbocycles. The minimum atomic E-state index is -1.51. The molecule has 1 rings (SSSR count). The van der Waals surface area contributed by atoms with Crippen molar-refractivity contribution in [3.05, 3.63) is 24.3 Å². The molecule has 1 saturated heterocycles. The Kier molecular flexibility index (Phi) is 16.1. The molecule has 0 aromatic heterocycles. The van der Waals surface area contributed by atoms with E-state index in [1.807, 2.05) is 6.08 Å². The molecule has 0 aromatic rings. The van der Waals surface area contributed by atoms with Crippen LogP contribution < -0.4 is 5.73 Å². The van der Waals surface area contributed by atoms with Gasteiger partial charge in [-0.15, -0.1) is 0 Å². The standard InChI is InChI=1S/C24H45NO7/c1-2-3-4-5-6-7-8-9-10-11-12-13-14-15-19(27)18(25)17-31-24-23(30)22(29)21(28)20(16-26)32-24/h10-11,14-15,18-24,26-30H,2-9,12-13,16-17,25H2,1H3/t18-,19+,20?,21?,22?,23?,24?/m0/s1. The highest BCUT2D eigenvalue weighted by Crippen LogP contribution is 2.22. The molecule has 0 amide bonds. The third-order valence-corrected chi connectivity index (χ3v) is 5.71. The molecule has 0 radical (unpaired) electrons. The molecule has 7 N–H and O–H groups in total. The molecule has 0 saturated carbocycles. The third-order valence-electron chi connectivity index (χ3n) is 5.71. The summed E-state index contributed by atoms with van der Waals surface area (Å²) in [4.78, 5) is 0. The van der Waals surface area contributed by atoms with Crippen LogP contribution in [0.25, 0.3) is 0 Å². The van der Waals surface area contributed by atoms with Gasteiger partial charge in [0.25, 0.3) is 0 Å². The van der Waals surface area contributed by atoms with E-state index in [0.29, 0.717) is 0 Å². The summed E-state index contributed by atoms with van der Waals surface area (Å²) in [7, 11) is 0. The second kappa shape index (κ2) is 17.6. The highest BCUT2D eigenvalue weighted by molar-refractivity contribution is 4.96. The van der Waals surface area contributed by atoms with E-state index in [4.69, 9.17) is 15.2 Å². The molecule has 188 valence electrons. The van der Waals surface area contributed by atoms with Gasteiger partial charge >= 0.3 is 0 Å². The van der Waals surface area contributed by atoms with E-state index in [2.05, 4.69) is 19.1 Å². The van der Waals surface area contributed by atoms with Crippen LogP contribution in [0.15, 0.2) is 24.3 Å². The summed E-state index contributed by atoms with van der Waals surface area (Å²) in [5.74, 6) is 0. The van der Waals surface area contributed by atoms with Crippen molar-refractivity contribution in [2.45, 2.75) is 114 Å². The van der Waals surface area contributed by atoms with Gasteiger partial charge in [-0.3, -0.25) is 0 Å². The molecule has 5 unspecified atom stereocenters. The molecule has 1 fully saturated rings. The molecule has 0 bridgehead atoms. The van der Waals surface area contributed by atoms with E-state index in [-0.39, 0.29) is 6.61 Å². The molecule has 8 nitrogen and oxygen atoms in total. The van der Waals surface area contributed by atoms with Crippen molar-refractivity contribution < 1.29 is 35.0 Å². The van der Waals surface area contributed by atoms with Crippen LogP contribution >= 0.6 is 0 Å². The van der Waals surface area contributed by atoms with Crippen LogP contribution in [0.3, 0.4) is 0 Å². The Morgan fingerprint density at radius 2 is 1.50 bits per heavy atom. The normalized spacial score (nSPS) is 28.5. The molecule has 1 aliphatic rings. The Morgan fingerprint density at radius 1 is 0.875 bits per heavy atom. The smallest absolute Gasteiger partial charge is 0.186 e. The number of hydrogen-bond donors (Lipinski definition) is 6. The van der Waals surface area contributed by atoms with Gasteiger partial charge in [0.05, 0.1) is 25.4 Å². The lowest BCUT2D eigenvalue weighted by Crippen LogP contribution is -2.59. The maximum Gasteiger partial charge on any atom is 0.186 e. The molecule has 0 aliphatic carbocycles. The highest BCUT2D eigenvalue weighted by Gasteiger charge is 2.44. The van der Waals surface area contributed by atoms with Crippen molar-refractivity contribution in [1.82, 2.24) is 0 Å². The van der Waals surface area contributed by atoms with Gasteiger partial charge in [0.1, 0.15) is 24.4 Å². The minimum Gasteiger partial charge on any atom is -0.394 e. The zero-order valence-corrected chi connectivity index (χ0v) is 19.5. The first-order valence-electron chi connectivity index (χ1n) is 12.1. The summed E-state index contributed by atoms with van der Waals surface area (Å²) < 4.78 is 10.6. The number of ether oxygens (including phenoxy) is 2. The van der Waals surface area contributed by atoms with E-state index in [1.54, 1.807) is 6.08 Å². The summed E-state index contributed by atoms with van der Waals surface area (Å²) in [5, 5.41) is 48.8. The number of aliphatic hydroxyl groups excluding tert-OH is 5. The third kappa shape index (κ3) is 11.3. The second-order valence-electron chi connectivity index (χ2n) is 8.57. The lowest BCUT2D eigenvalue weighted by Gasteiger charge is -2.39. The maximum atomic E-state index is 10.1. The number of hydrogen-bond acceptors (Lipinski definition) is 8. The largest absolute Gasteiger partial charge is 0.394 e. The topological polar surface area (TPSA) is 146 Å². The van der Waals surface area contributed by atoms with Crippen LogP contribution in [0.4, 0.5) is 0 Å². The van der Waals surface area contributed by atoms with Crippen molar-refractivity contribution in [2.75, 3.05) is 13.2 Å². The van der Waals surface area contributed by atoms with Gasteiger partial charge < -0.3 is 40.7 Å². The predicted molar refractivity (Wildman–Crippen MR) is 124 cm³/mol. The SMILES string of the molecule is CCCCCCCCCC=CCCC=C[C@@H](O)[C@@H](N)COC1OC(CO)C(O)C(O)C1O. The summed E-state index contributed by atoms with van der Waals surface area (Å²) in [6, 6.07) is -0.758. The second-order valence-corrected chi connectivity index (χ2v) is 8.57. The number of rotatable bonds is 17. The number of aliphatic hydroxyl groups is 5. The monoisotopic (exact) mass is 459 g/mol. The van der Waals surface area contributed by atoms with E-state index >= 15 is 0 Å². The lowest BCUT2D eigenvalue weighted by atomic mass is 9.99. The minimum absolute atomic E-state index is 0.132. The van der Waals surface area contributed by atoms with Gasteiger partial charge in [-0.25, -0.2) is 0 Å². The number of nitrogens with two attached hydrogens (primary N) is 1. The van der Waals surface area contributed by atoms with Gasteiger partial charge in [-0.05, 0) is 25.7 Å². The molecule has 7 atom stereocenters. The van der Waals surface area contributed by atoms with Crippen molar-refractivity contribution in [1.29, 1.82) is 0 Å². The number of allylic oxidation sites excluding steroid dienone is 3. The van der Waals surface area contributed by atoms with Crippen LogP contribution in [-0.2, 0) is 9.47 Å². The van der Waals surface area contributed by atoms with Crippen LogP contribution in [0.5, 0.6) is 0 Å². The fraction of sp³-hybridized carbons (Fsp3) is 0.833. The zero-order chi connectivity index (χ0) is 23.8. The Morgan fingerprint density at radius 3 is 2.19 bits per heavy atom. The Balaban J connectivity index is 2.16. The summed E-state index contributed by atoms with van der Waals surface area (Å²) >= 11 is 0. The Hall–Kier alpha value is -0.840. The fourth-order valence-electron chi connectivity index (χ4n) is 3.54. The molecule has 8 heteroatoms. The average Bonchev–Trinajstić information content (AvgIpc) is 2.79. The Labute approximate surface area is 192 Å². The van der Waals surface area contributed by atoms with E-state index in [0.717, 1.165) is 19.3 Å². The maximum absolute atomic E-state index is 10.1. The van der Waals surface area contributed by atoms with Crippen molar-refractivity contribution in [2.24, 2.45) is 5.73 Å². The molecular formula is C24H45NO7. The van der Waals surface area contributed by atoms with Gasteiger partial charge in [0.15, 0.2) is 6.29 Å². The highest BCUT2D eigenvalue weighted by atomic mass is 16.7. The van der Waals surface area contributed by atoms with Crippen molar-refractivity contribution >= 4 is 0 Å². The summed E-state index contributed by atoms with van der Waals surface area (Å²) in [6.45, 7) is 1.57. The van der Waals surface area contributed by atoms with Gasteiger partial charge in [0.2, 0.25) is 0 Å². The molecular weight excluding hydrogens is 414 g/mol. The first-order valence-corrected chi connectivity index (χ1v) is 12.1. The van der Waals surface area contributed by atoms with Gasteiger partial charge in [-0.1, -0.05) is 69.8 Å².